The van der Waals surface area contributed by atoms with Crippen molar-refractivity contribution in [3.8, 4) is 11.4 Å². The molecule has 124 valence electrons. The van der Waals surface area contributed by atoms with Crippen molar-refractivity contribution in [2.45, 2.75) is 6.92 Å². The molecule has 2 heterocycles. The zero-order valence-electron chi connectivity index (χ0n) is 13.3. The van der Waals surface area contributed by atoms with Crippen molar-refractivity contribution in [3.05, 3.63) is 69.6 Å². The van der Waals surface area contributed by atoms with Gasteiger partial charge >= 0.3 is 0 Å². The summed E-state index contributed by atoms with van der Waals surface area (Å²) >= 11 is 11.4. The van der Waals surface area contributed by atoms with Crippen LogP contribution in [-0.4, -0.2) is 26.1 Å². The highest BCUT2D eigenvalue weighted by atomic mass is 35.5. The largest absolute Gasteiger partial charge is 0.358 e. The first kappa shape index (κ1) is 15.8. The number of halogens is 1. The van der Waals surface area contributed by atoms with Gasteiger partial charge in [-0.25, -0.2) is 5.10 Å². The Labute approximate surface area is 154 Å². The van der Waals surface area contributed by atoms with Crippen LogP contribution in [0.1, 0.15) is 11.3 Å². The molecule has 2 N–H and O–H groups in total. The molecule has 5 nitrogen and oxygen atoms in total. The molecule has 0 amide bonds. The van der Waals surface area contributed by atoms with Gasteiger partial charge in [0.2, 0.25) is 4.77 Å². The third-order valence-corrected chi connectivity index (χ3v) is 4.48. The summed E-state index contributed by atoms with van der Waals surface area (Å²) < 4.78 is 2.02. The minimum Gasteiger partial charge on any atom is -0.358 e. The van der Waals surface area contributed by atoms with Gasteiger partial charge in [0.25, 0.3) is 0 Å². The molecule has 2 aromatic carbocycles. The second-order valence-electron chi connectivity index (χ2n) is 5.63. The minimum atomic E-state index is 0.420. The van der Waals surface area contributed by atoms with Crippen molar-refractivity contribution < 1.29 is 0 Å². The van der Waals surface area contributed by atoms with Gasteiger partial charge in [-0.05, 0) is 37.3 Å². The van der Waals surface area contributed by atoms with Crippen LogP contribution in [-0.2, 0) is 0 Å². The number of para-hydroxylation sites is 1. The lowest BCUT2D eigenvalue weighted by Crippen LogP contribution is -1.95. The summed E-state index contributed by atoms with van der Waals surface area (Å²) in [7, 11) is 0. The molecule has 7 heteroatoms. The van der Waals surface area contributed by atoms with Crippen molar-refractivity contribution >= 4 is 40.9 Å². The zero-order valence-corrected chi connectivity index (χ0v) is 14.9. The molecular weight excluding hydrogens is 354 g/mol. The average Bonchev–Trinajstić information content (AvgIpc) is 3.12. The van der Waals surface area contributed by atoms with E-state index in [0.717, 1.165) is 27.7 Å². The fraction of sp³-hybridized carbons (Fsp3) is 0.0556. The molecule has 25 heavy (non-hydrogen) atoms. The van der Waals surface area contributed by atoms with E-state index in [0.29, 0.717) is 15.6 Å². The van der Waals surface area contributed by atoms with E-state index in [2.05, 4.69) is 26.3 Å². The first-order valence-corrected chi connectivity index (χ1v) is 8.47. The second-order valence-corrected chi connectivity index (χ2v) is 6.45. The predicted octanol–water partition coefficient (Wildman–Crippen LogP) is 4.93. The molecule has 0 aliphatic carbocycles. The normalized spacial score (nSPS) is 11.6. The Hall–Kier alpha value is -2.70. The summed E-state index contributed by atoms with van der Waals surface area (Å²) in [4.78, 5) is 3.36. The molecule has 0 spiro atoms. The van der Waals surface area contributed by atoms with E-state index in [9.17, 15) is 0 Å². The highest BCUT2D eigenvalue weighted by molar-refractivity contribution is 7.71. The van der Waals surface area contributed by atoms with Gasteiger partial charge < -0.3 is 4.98 Å². The molecule has 4 rings (SSSR count). The van der Waals surface area contributed by atoms with Gasteiger partial charge in [0.15, 0.2) is 5.82 Å². The summed E-state index contributed by atoms with van der Waals surface area (Å²) in [6, 6.07) is 15.5. The predicted molar refractivity (Wildman–Crippen MR) is 104 cm³/mol. The Balaban J connectivity index is 1.81. The van der Waals surface area contributed by atoms with Crippen LogP contribution in [0.4, 0.5) is 0 Å². The smallest absolute Gasteiger partial charge is 0.216 e. The van der Waals surface area contributed by atoms with Crippen molar-refractivity contribution in [1.29, 1.82) is 0 Å². The van der Waals surface area contributed by atoms with E-state index < -0.39 is 0 Å². The molecule has 0 fully saturated rings. The number of aromatic amines is 2. The molecule has 0 aliphatic rings. The number of hydrogen-bond acceptors (Lipinski definition) is 3. The van der Waals surface area contributed by atoms with Gasteiger partial charge in [-0.1, -0.05) is 41.9 Å². The Morgan fingerprint density at radius 1 is 1.20 bits per heavy atom. The van der Waals surface area contributed by atoms with Crippen LogP contribution in [0.3, 0.4) is 0 Å². The monoisotopic (exact) mass is 367 g/mol. The van der Waals surface area contributed by atoms with E-state index >= 15 is 0 Å². The van der Waals surface area contributed by atoms with Crippen LogP contribution in [0.25, 0.3) is 22.3 Å². The second kappa shape index (κ2) is 6.31. The zero-order chi connectivity index (χ0) is 17.4. The van der Waals surface area contributed by atoms with Crippen molar-refractivity contribution in [3.63, 3.8) is 0 Å². The van der Waals surface area contributed by atoms with E-state index in [1.807, 2.05) is 49.4 Å². The molecule has 4 aromatic rings. The number of nitrogens with one attached hydrogen (secondary N) is 2. The molecule has 0 unspecified atom stereocenters. The number of hydrogen-bond donors (Lipinski definition) is 2. The lowest BCUT2D eigenvalue weighted by atomic mass is 10.1. The van der Waals surface area contributed by atoms with Crippen LogP contribution in [0, 0.1) is 11.7 Å². The third kappa shape index (κ3) is 2.90. The number of fused-ring (bicyclic) bond motifs is 1. The Morgan fingerprint density at radius 2 is 2.04 bits per heavy atom. The SMILES string of the molecule is Cc1[nH]c2ccccc2c1/C=N/n1c(-c2cccc(Cl)c2)n[nH]c1=S. The number of rotatable bonds is 3. The molecule has 0 aliphatic heterocycles. The van der Waals surface area contributed by atoms with Gasteiger partial charge in [0.05, 0.1) is 6.21 Å². The maximum atomic E-state index is 6.08. The van der Waals surface area contributed by atoms with Crippen molar-refractivity contribution in [2.24, 2.45) is 5.10 Å². The van der Waals surface area contributed by atoms with Crippen LogP contribution in [0.2, 0.25) is 5.02 Å². The third-order valence-electron chi connectivity index (χ3n) is 3.98. The number of aryl methyl sites for hydroxylation is 1. The topological polar surface area (TPSA) is 61.8 Å². The number of H-pyrrole nitrogens is 2. The summed E-state index contributed by atoms with van der Waals surface area (Å²) in [6.07, 6.45) is 1.80. The first-order chi connectivity index (χ1) is 12.1. The fourth-order valence-electron chi connectivity index (χ4n) is 2.79. The molecular formula is C18H14ClN5S. The molecule has 0 bridgehead atoms. The molecule has 2 aromatic heterocycles. The molecule has 0 saturated heterocycles. The Kier molecular flexibility index (Phi) is 3.99. The quantitative estimate of drug-likeness (QED) is 0.398. The lowest BCUT2D eigenvalue weighted by molar-refractivity contribution is 0.871. The van der Waals surface area contributed by atoms with Gasteiger partial charge in [0.1, 0.15) is 0 Å². The van der Waals surface area contributed by atoms with Gasteiger partial charge in [-0.3, -0.25) is 0 Å². The van der Waals surface area contributed by atoms with Gasteiger partial charge in [-0.15, -0.1) is 0 Å². The minimum absolute atomic E-state index is 0.420. The molecule has 0 atom stereocenters. The number of aromatic nitrogens is 4. The lowest BCUT2D eigenvalue weighted by Gasteiger charge is -2.01. The van der Waals surface area contributed by atoms with Crippen LogP contribution in [0.5, 0.6) is 0 Å². The Bertz CT molecular complexity index is 1150. The van der Waals surface area contributed by atoms with Crippen molar-refractivity contribution in [1.82, 2.24) is 19.9 Å². The van der Waals surface area contributed by atoms with Crippen LogP contribution >= 0.6 is 23.8 Å². The summed E-state index contributed by atoms with van der Waals surface area (Å²) in [5.74, 6) is 0.612. The van der Waals surface area contributed by atoms with E-state index in [1.54, 1.807) is 10.9 Å². The van der Waals surface area contributed by atoms with E-state index in [-0.39, 0.29) is 0 Å². The number of nitrogens with zero attached hydrogens (tertiary/aromatic N) is 3. The van der Waals surface area contributed by atoms with Gasteiger partial charge in [-0.2, -0.15) is 14.9 Å². The standard InChI is InChI=1S/C18H14ClN5S/c1-11-15(14-7-2-3-8-16(14)21-11)10-20-24-17(22-23-18(24)25)12-5-4-6-13(19)9-12/h2-10,21H,1H3,(H,23,25)/b20-10+. The molecule has 0 radical (unpaired) electrons. The van der Waals surface area contributed by atoms with E-state index in [1.165, 1.54) is 0 Å². The highest BCUT2D eigenvalue weighted by Crippen LogP contribution is 2.22. The van der Waals surface area contributed by atoms with Gasteiger partial charge in [0, 0.05) is 32.7 Å². The van der Waals surface area contributed by atoms with Crippen molar-refractivity contribution in [2.75, 3.05) is 0 Å². The summed E-state index contributed by atoms with van der Waals surface area (Å²) in [5.41, 5.74) is 3.99. The fourth-order valence-corrected chi connectivity index (χ4v) is 3.16. The summed E-state index contributed by atoms with van der Waals surface area (Å²) in [5, 5.41) is 13.4. The number of benzene rings is 2. The highest BCUT2D eigenvalue weighted by Gasteiger charge is 2.10. The maximum absolute atomic E-state index is 6.08. The first-order valence-electron chi connectivity index (χ1n) is 7.68. The maximum Gasteiger partial charge on any atom is 0.216 e. The average molecular weight is 368 g/mol. The Morgan fingerprint density at radius 3 is 2.88 bits per heavy atom. The van der Waals surface area contributed by atoms with Crippen LogP contribution < -0.4 is 0 Å². The molecule has 0 saturated carbocycles. The summed E-state index contributed by atoms with van der Waals surface area (Å²) in [6.45, 7) is 2.02. The van der Waals surface area contributed by atoms with Crippen LogP contribution in [0.15, 0.2) is 53.6 Å². The van der Waals surface area contributed by atoms with E-state index in [4.69, 9.17) is 23.8 Å².